The minimum atomic E-state index is -0.839. The summed E-state index contributed by atoms with van der Waals surface area (Å²) in [6.07, 6.45) is 2.15. The summed E-state index contributed by atoms with van der Waals surface area (Å²) in [6, 6.07) is 0.871. The molecule has 1 aliphatic rings. The van der Waals surface area contributed by atoms with Crippen molar-refractivity contribution < 1.29 is 14.7 Å². The van der Waals surface area contributed by atoms with Crippen LogP contribution in [0.5, 0.6) is 0 Å². The van der Waals surface area contributed by atoms with Gasteiger partial charge in [-0.3, -0.25) is 14.5 Å². The largest absolute Gasteiger partial charge is 0.481 e. The Bertz CT molecular complexity index is 334. The van der Waals surface area contributed by atoms with Crippen LogP contribution in [0, 0.1) is 11.8 Å². The molecule has 0 spiro atoms. The first kappa shape index (κ1) is 17.0. The summed E-state index contributed by atoms with van der Waals surface area (Å²) >= 11 is 0. The Morgan fingerprint density at radius 1 is 1.15 bits per heavy atom. The van der Waals surface area contributed by atoms with E-state index in [4.69, 9.17) is 5.11 Å². The highest BCUT2D eigenvalue weighted by atomic mass is 16.4. The van der Waals surface area contributed by atoms with Crippen LogP contribution >= 0.6 is 0 Å². The standard InChI is InChI=1S/C15H28N2O3/c1-10(2)17(11(3)4)9-8-16-14(18)12-6-5-7-13(12)15(19)20/h10-13H,5-9H2,1-4H3,(H,16,18)(H,19,20)/t12-,13+/m1/s1. The van der Waals surface area contributed by atoms with Gasteiger partial charge in [0.05, 0.1) is 11.8 Å². The van der Waals surface area contributed by atoms with Crippen LogP contribution in [0.15, 0.2) is 0 Å². The number of rotatable bonds is 7. The quantitative estimate of drug-likeness (QED) is 0.747. The Morgan fingerprint density at radius 2 is 1.70 bits per heavy atom. The van der Waals surface area contributed by atoms with Crippen molar-refractivity contribution in [1.29, 1.82) is 0 Å². The summed E-state index contributed by atoms with van der Waals surface area (Å²) < 4.78 is 0. The minimum absolute atomic E-state index is 0.0950. The molecule has 20 heavy (non-hydrogen) atoms. The Kier molecular flexibility index (Phi) is 6.46. The third kappa shape index (κ3) is 4.47. The Hall–Kier alpha value is -1.10. The van der Waals surface area contributed by atoms with Crippen molar-refractivity contribution in [1.82, 2.24) is 10.2 Å². The van der Waals surface area contributed by atoms with E-state index in [1.165, 1.54) is 0 Å². The predicted octanol–water partition coefficient (Wildman–Crippen LogP) is 1.72. The number of carbonyl (C=O) groups excluding carboxylic acids is 1. The molecule has 2 N–H and O–H groups in total. The maximum Gasteiger partial charge on any atom is 0.307 e. The van der Waals surface area contributed by atoms with Crippen molar-refractivity contribution in [3.8, 4) is 0 Å². The maximum atomic E-state index is 12.1. The van der Waals surface area contributed by atoms with Crippen LogP contribution in [0.25, 0.3) is 0 Å². The summed E-state index contributed by atoms with van der Waals surface area (Å²) in [6.45, 7) is 9.93. The molecule has 0 aromatic rings. The van der Waals surface area contributed by atoms with E-state index in [0.717, 1.165) is 13.0 Å². The molecule has 0 saturated heterocycles. The lowest BCUT2D eigenvalue weighted by atomic mass is 9.95. The molecule has 0 bridgehead atoms. The van der Waals surface area contributed by atoms with Crippen LogP contribution < -0.4 is 5.32 Å². The number of nitrogens with zero attached hydrogens (tertiary/aromatic N) is 1. The molecule has 1 rings (SSSR count). The number of carboxylic acid groups (broad SMARTS) is 1. The molecule has 2 atom stereocenters. The molecule has 0 unspecified atom stereocenters. The van der Waals surface area contributed by atoms with Crippen LogP contribution in [0.1, 0.15) is 47.0 Å². The van der Waals surface area contributed by atoms with E-state index in [9.17, 15) is 9.59 Å². The smallest absolute Gasteiger partial charge is 0.307 e. The fraction of sp³-hybridized carbons (Fsp3) is 0.867. The van der Waals surface area contributed by atoms with Gasteiger partial charge < -0.3 is 10.4 Å². The lowest BCUT2D eigenvalue weighted by Crippen LogP contribution is -2.44. The zero-order chi connectivity index (χ0) is 15.3. The lowest BCUT2D eigenvalue weighted by Gasteiger charge is -2.30. The predicted molar refractivity (Wildman–Crippen MR) is 78.5 cm³/mol. The Labute approximate surface area is 121 Å². The molecule has 0 aliphatic heterocycles. The molecular formula is C15H28N2O3. The van der Waals surface area contributed by atoms with Crippen molar-refractivity contribution in [2.24, 2.45) is 11.8 Å². The summed E-state index contributed by atoms with van der Waals surface area (Å²) in [5.41, 5.74) is 0. The summed E-state index contributed by atoms with van der Waals surface area (Å²) in [5, 5.41) is 12.0. The lowest BCUT2D eigenvalue weighted by molar-refractivity contribution is -0.146. The van der Waals surface area contributed by atoms with Gasteiger partial charge in [-0.25, -0.2) is 0 Å². The van der Waals surface area contributed by atoms with Crippen LogP contribution in [-0.2, 0) is 9.59 Å². The summed E-state index contributed by atoms with van der Waals surface area (Å²) in [5.74, 6) is -1.78. The molecule has 0 heterocycles. The Balaban J connectivity index is 2.41. The normalized spacial score (nSPS) is 22.8. The van der Waals surface area contributed by atoms with Crippen LogP contribution in [-0.4, -0.2) is 47.1 Å². The van der Waals surface area contributed by atoms with Crippen molar-refractivity contribution in [3.63, 3.8) is 0 Å². The van der Waals surface area contributed by atoms with E-state index in [0.29, 0.717) is 31.5 Å². The highest BCUT2D eigenvalue weighted by molar-refractivity contribution is 5.85. The van der Waals surface area contributed by atoms with Crippen molar-refractivity contribution in [2.75, 3.05) is 13.1 Å². The molecule has 116 valence electrons. The molecule has 1 fully saturated rings. The van der Waals surface area contributed by atoms with Gasteiger partial charge in [0.1, 0.15) is 0 Å². The van der Waals surface area contributed by atoms with E-state index in [1.54, 1.807) is 0 Å². The van der Waals surface area contributed by atoms with Gasteiger partial charge >= 0.3 is 5.97 Å². The maximum absolute atomic E-state index is 12.1. The monoisotopic (exact) mass is 284 g/mol. The fourth-order valence-corrected chi connectivity index (χ4v) is 3.12. The number of aliphatic carboxylic acids is 1. The number of carboxylic acids is 1. The van der Waals surface area contributed by atoms with Crippen molar-refractivity contribution in [2.45, 2.75) is 59.0 Å². The average molecular weight is 284 g/mol. The van der Waals surface area contributed by atoms with Crippen molar-refractivity contribution >= 4 is 11.9 Å². The molecule has 0 aromatic carbocycles. The number of carbonyl (C=O) groups is 2. The number of amides is 1. The third-order valence-corrected chi connectivity index (χ3v) is 4.17. The first-order valence-electron chi connectivity index (χ1n) is 7.60. The molecule has 1 saturated carbocycles. The van der Waals surface area contributed by atoms with Gasteiger partial charge in [0.2, 0.25) is 5.91 Å². The average Bonchev–Trinajstić information content (AvgIpc) is 2.82. The second-order valence-electron chi connectivity index (χ2n) is 6.20. The van der Waals surface area contributed by atoms with Gasteiger partial charge in [0.15, 0.2) is 0 Å². The first-order chi connectivity index (χ1) is 9.34. The molecule has 5 heteroatoms. The number of nitrogens with one attached hydrogen (secondary N) is 1. The van der Waals surface area contributed by atoms with Gasteiger partial charge in [-0.05, 0) is 40.5 Å². The number of hydrogen-bond donors (Lipinski definition) is 2. The molecule has 1 amide bonds. The summed E-state index contributed by atoms with van der Waals surface area (Å²) in [4.78, 5) is 25.5. The molecule has 5 nitrogen and oxygen atoms in total. The van der Waals surface area contributed by atoms with Crippen LogP contribution in [0.2, 0.25) is 0 Å². The van der Waals surface area contributed by atoms with Crippen LogP contribution in [0.3, 0.4) is 0 Å². The first-order valence-corrected chi connectivity index (χ1v) is 7.60. The van der Waals surface area contributed by atoms with E-state index < -0.39 is 11.9 Å². The van der Waals surface area contributed by atoms with Gasteiger partial charge in [0.25, 0.3) is 0 Å². The van der Waals surface area contributed by atoms with Crippen molar-refractivity contribution in [3.05, 3.63) is 0 Å². The van der Waals surface area contributed by atoms with E-state index in [2.05, 4.69) is 37.9 Å². The third-order valence-electron chi connectivity index (χ3n) is 4.17. The van der Waals surface area contributed by atoms with Gasteiger partial charge in [-0.15, -0.1) is 0 Å². The van der Waals surface area contributed by atoms with E-state index >= 15 is 0 Å². The minimum Gasteiger partial charge on any atom is -0.481 e. The van der Waals surface area contributed by atoms with E-state index in [-0.39, 0.29) is 11.8 Å². The second-order valence-corrected chi connectivity index (χ2v) is 6.20. The van der Waals surface area contributed by atoms with E-state index in [1.807, 2.05) is 0 Å². The molecule has 0 radical (unpaired) electrons. The van der Waals surface area contributed by atoms with Crippen LogP contribution in [0.4, 0.5) is 0 Å². The second kappa shape index (κ2) is 7.62. The molecule has 0 aromatic heterocycles. The topological polar surface area (TPSA) is 69.6 Å². The Morgan fingerprint density at radius 3 is 2.20 bits per heavy atom. The SMILES string of the molecule is CC(C)N(CCNC(=O)[C@@H]1CCC[C@@H]1C(=O)O)C(C)C. The summed E-state index contributed by atoms with van der Waals surface area (Å²) in [7, 11) is 0. The zero-order valence-electron chi connectivity index (χ0n) is 13.1. The van der Waals surface area contributed by atoms with Gasteiger partial charge in [0, 0.05) is 25.2 Å². The van der Waals surface area contributed by atoms with Gasteiger partial charge in [-0.1, -0.05) is 6.42 Å². The number of hydrogen-bond acceptors (Lipinski definition) is 3. The van der Waals surface area contributed by atoms with Gasteiger partial charge in [-0.2, -0.15) is 0 Å². The molecular weight excluding hydrogens is 256 g/mol. The highest BCUT2D eigenvalue weighted by Gasteiger charge is 2.37. The highest BCUT2D eigenvalue weighted by Crippen LogP contribution is 2.31. The zero-order valence-corrected chi connectivity index (χ0v) is 13.1. The fourth-order valence-electron chi connectivity index (χ4n) is 3.12. The molecule has 1 aliphatic carbocycles.